The molecule has 2 aromatic carbocycles. The van der Waals surface area contributed by atoms with Gasteiger partial charge in [-0.05, 0) is 42.5 Å². The highest BCUT2D eigenvalue weighted by molar-refractivity contribution is 9.09. The summed E-state index contributed by atoms with van der Waals surface area (Å²) in [6.07, 6.45) is 2.78. The van der Waals surface area contributed by atoms with E-state index in [0.717, 1.165) is 24.6 Å². The van der Waals surface area contributed by atoms with E-state index < -0.39 is 0 Å². The van der Waals surface area contributed by atoms with Gasteiger partial charge in [0.15, 0.2) is 0 Å². The maximum absolute atomic E-state index is 12.2. The summed E-state index contributed by atoms with van der Waals surface area (Å²) in [6.45, 7) is 0. The summed E-state index contributed by atoms with van der Waals surface area (Å²) in [7, 11) is 0. The predicted octanol–water partition coefficient (Wildman–Crippen LogP) is 4.76. The molecule has 1 heterocycles. The van der Waals surface area contributed by atoms with E-state index in [0.29, 0.717) is 27.7 Å². The van der Waals surface area contributed by atoms with Crippen LogP contribution in [0.25, 0.3) is 10.9 Å². The molecule has 1 unspecified atom stereocenters. The molecule has 0 spiro atoms. The number of aryl methyl sites for hydroxylation is 1. The standard InChI is InChI=1S/C19H18BrClN2O/c20-12-14(7-6-13-4-2-1-3-5-13)10-18-22-17-11-15(21)8-9-16(17)19(24)23-18/h1-5,8-9,11,14H,6-7,10,12H2,(H,22,23,24). The molecule has 1 atom stereocenters. The van der Waals surface area contributed by atoms with Gasteiger partial charge in [0, 0.05) is 16.8 Å². The van der Waals surface area contributed by atoms with Crippen molar-refractivity contribution in [1.29, 1.82) is 0 Å². The lowest BCUT2D eigenvalue weighted by Crippen LogP contribution is -2.16. The second kappa shape index (κ2) is 7.95. The van der Waals surface area contributed by atoms with E-state index in [4.69, 9.17) is 11.6 Å². The number of nitrogens with zero attached hydrogens (tertiary/aromatic N) is 1. The van der Waals surface area contributed by atoms with Crippen LogP contribution in [-0.4, -0.2) is 15.3 Å². The van der Waals surface area contributed by atoms with E-state index in [1.165, 1.54) is 5.56 Å². The van der Waals surface area contributed by atoms with Gasteiger partial charge in [-0.1, -0.05) is 57.9 Å². The zero-order valence-corrected chi connectivity index (χ0v) is 15.5. The van der Waals surface area contributed by atoms with Crippen LogP contribution in [0.1, 0.15) is 17.8 Å². The van der Waals surface area contributed by atoms with Crippen molar-refractivity contribution in [2.45, 2.75) is 19.3 Å². The van der Waals surface area contributed by atoms with Crippen molar-refractivity contribution in [2.24, 2.45) is 5.92 Å². The number of halogens is 2. The summed E-state index contributed by atoms with van der Waals surface area (Å²) in [4.78, 5) is 19.7. The molecule has 24 heavy (non-hydrogen) atoms. The monoisotopic (exact) mass is 404 g/mol. The Bertz CT molecular complexity index is 879. The molecule has 3 aromatic rings. The van der Waals surface area contributed by atoms with Gasteiger partial charge in [0.25, 0.3) is 5.56 Å². The smallest absolute Gasteiger partial charge is 0.258 e. The van der Waals surface area contributed by atoms with Crippen molar-refractivity contribution >= 4 is 38.4 Å². The average Bonchev–Trinajstić information content (AvgIpc) is 2.59. The molecular weight excluding hydrogens is 388 g/mol. The van der Waals surface area contributed by atoms with Gasteiger partial charge < -0.3 is 4.98 Å². The minimum Gasteiger partial charge on any atom is -0.310 e. The van der Waals surface area contributed by atoms with Gasteiger partial charge in [0.2, 0.25) is 0 Å². The Hall–Kier alpha value is -1.65. The minimum absolute atomic E-state index is 0.108. The first kappa shape index (κ1) is 17.2. The van der Waals surface area contributed by atoms with E-state index in [1.54, 1.807) is 18.2 Å². The highest BCUT2D eigenvalue weighted by atomic mass is 79.9. The molecule has 0 aliphatic heterocycles. The molecule has 0 saturated heterocycles. The lowest BCUT2D eigenvalue weighted by molar-refractivity contribution is 0.528. The molecule has 0 bridgehead atoms. The average molecular weight is 406 g/mol. The number of aromatic amines is 1. The van der Waals surface area contributed by atoms with Crippen LogP contribution >= 0.6 is 27.5 Å². The van der Waals surface area contributed by atoms with Crippen molar-refractivity contribution in [1.82, 2.24) is 9.97 Å². The van der Waals surface area contributed by atoms with Crippen LogP contribution in [0.4, 0.5) is 0 Å². The van der Waals surface area contributed by atoms with Crippen LogP contribution in [0.3, 0.4) is 0 Å². The van der Waals surface area contributed by atoms with Crippen molar-refractivity contribution in [3.05, 3.63) is 75.3 Å². The van der Waals surface area contributed by atoms with Crippen molar-refractivity contribution in [3.8, 4) is 0 Å². The molecule has 0 aliphatic carbocycles. The molecular formula is C19H18BrClN2O. The molecule has 0 aliphatic rings. The molecule has 3 rings (SSSR count). The molecule has 124 valence electrons. The van der Waals surface area contributed by atoms with E-state index in [9.17, 15) is 4.79 Å². The molecule has 0 radical (unpaired) electrons. The van der Waals surface area contributed by atoms with Gasteiger partial charge in [-0.25, -0.2) is 4.98 Å². The predicted molar refractivity (Wildman–Crippen MR) is 103 cm³/mol. The second-order valence-electron chi connectivity index (χ2n) is 5.92. The quantitative estimate of drug-likeness (QED) is 0.601. The number of benzene rings is 2. The summed E-state index contributed by atoms with van der Waals surface area (Å²) < 4.78 is 0. The Kier molecular flexibility index (Phi) is 5.69. The number of H-pyrrole nitrogens is 1. The third-order valence-electron chi connectivity index (χ3n) is 4.10. The third kappa shape index (κ3) is 4.25. The van der Waals surface area contributed by atoms with Crippen molar-refractivity contribution in [2.75, 3.05) is 5.33 Å². The van der Waals surface area contributed by atoms with Crippen LogP contribution in [-0.2, 0) is 12.8 Å². The van der Waals surface area contributed by atoms with Gasteiger partial charge in [0.05, 0.1) is 10.9 Å². The van der Waals surface area contributed by atoms with Crippen molar-refractivity contribution < 1.29 is 0 Å². The van der Waals surface area contributed by atoms with Gasteiger partial charge >= 0.3 is 0 Å². The largest absolute Gasteiger partial charge is 0.310 e. The van der Waals surface area contributed by atoms with Crippen LogP contribution in [0.15, 0.2) is 53.3 Å². The Morgan fingerprint density at radius 3 is 2.71 bits per heavy atom. The van der Waals surface area contributed by atoms with E-state index in [1.807, 2.05) is 6.07 Å². The Balaban J connectivity index is 1.75. The Morgan fingerprint density at radius 1 is 1.17 bits per heavy atom. The molecule has 1 aromatic heterocycles. The second-order valence-corrected chi connectivity index (χ2v) is 7.01. The van der Waals surface area contributed by atoms with Crippen molar-refractivity contribution in [3.63, 3.8) is 0 Å². The third-order valence-corrected chi connectivity index (χ3v) is 5.25. The molecule has 0 saturated carbocycles. The first-order chi connectivity index (χ1) is 11.7. The van der Waals surface area contributed by atoms with Crippen LogP contribution in [0, 0.1) is 5.92 Å². The number of hydrogen-bond donors (Lipinski definition) is 1. The molecule has 5 heteroatoms. The number of rotatable bonds is 6. The Morgan fingerprint density at radius 2 is 1.96 bits per heavy atom. The highest BCUT2D eigenvalue weighted by Crippen LogP contribution is 2.18. The fraction of sp³-hybridized carbons (Fsp3) is 0.263. The molecule has 0 amide bonds. The maximum atomic E-state index is 12.2. The van der Waals surface area contributed by atoms with Crippen LogP contribution in [0.5, 0.6) is 0 Å². The lowest BCUT2D eigenvalue weighted by Gasteiger charge is -2.14. The molecule has 1 N–H and O–H groups in total. The van der Waals surface area contributed by atoms with Crippen LogP contribution in [0.2, 0.25) is 5.02 Å². The number of hydrogen-bond acceptors (Lipinski definition) is 2. The first-order valence-corrected chi connectivity index (χ1v) is 9.44. The van der Waals surface area contributed by atoms with E-state index in [2.05, 4.69) is 50.2 Å². The number of fused-ring (bicyclic) bond motifs is 1. The zero-order chi connectivity index (χ0) is 16.9. The number of nitrogens with one attached hydrogen (secondary N) is 1. The fourth-order valence-electron chi connectivity index (χ4n) is 2.78. The number of alkyl halides is 1. The summed E-state index contributed by atoms with van der Waals surface area (Å²) in [6, 6.07) is 15.6. The number of aromatic nitrogens is 2. The first-order valence-electron chi connectivity index (χ1n) is 7.94. The zero-order valence-electron chi connectivity index (χ0n) is 13.1. The van der Waals surface area contributed by atoms with Gasteiger partial charge in [-0.3, -0.25) is 4.79 Å². The summed E-state index contributed by atoms with van der Waals surface area (Å²) >= 11 is 9.60. The highest BCUT2D eigenvalue weighted by Gasteiger charge is 2.12. The maximum Gasteiger partial charge on any atom is 0.258 e. The topological polar surface area (TPSA) is 45.8 Å². The molecule has 3 nitrogen and oxygen atoms in total. The summed E-state index contributed by atoms with van der Waals surface area (Å²) in [5.74, 6) is 1.12. The summed E-state index contributed by atoms with van der Waals surface area (Å²) in [5.41, 5.74) is 1.87. The lowest BCUT2D eigenvalue weighted by atomic mass is 9.98. The van der Waals surface area contributed by atoms with Gasteiger partial charge in [0.1, 0.15) is 5.82 Å². The minimum atomic E-state index is -0.108. The normalized spacial score (nSPS) is 12.4. The summed E-state index contributed by atoms with van der Waals surface area (Å²) in [5, 5.41) is 2.03. The fourth-order valence-corrected chi connectivity index (χ4v) is 3.50. The van der Waals surface area contributed by atoms with Crippen LogP contribution < -0.4 is 5.56 Å². The molecule has 0 fully saturated rings. The SMILES string of the molecule is O=c1[nH]c(CC(CBr)CCc2ccccc2)nc2cc(Cl)ccc12. The van der Waals surface area contributed by atoms with Gasteiger partial charge in [-0.2, -0.15) is 0 Å². The Labute approximate surface area is 154 Å². The van der Waals surface area contributed by atoms with E-state index >= 15 is 0 Å². The van der Waals surface area contributed by atoms with Gasteiger partial charge in [-0.15, -0.1) is 0 Å². The van der Waals surface area contributed by atoms with E-state index in [-0.39, 0.29) is 5.56 Å².